The Hall–Kier alpha value is -1.57. The smallest absolute Gasteiger partial charge is 0.142 e. The van der Waals surface area contributed by atoms with Gasteiger partial charge in [-0.2, -0.15) is 0 Å². The van der Waals surface area contributed by atoms with Crippen LogP contribution in [0.25, 0.3) is 0 Å². The van der Waals surface area contributed by atoms with Crippen LogP contribution < -0.4 is 5.32 Å². The largest absolute Gasteiger partial charge is 0.388 e. The molecule has 0 unspecified atom stereocenters. The van der Waals surface area contributed by atoms with Gasteiger partial charge in [0.25, 0.3) is 0 Å². The summed E-state index contributed by atoms with van der Waals surface area (Å²) in [6.07, 6.45) is 15.3. The first-order chi connectivity index (χ1) is 11.7. The Kier molecular flexibility index (Phi) is 10.9. The minimum Gasteiger partial charge on any atom is -0.388 e. The Bertz CT molecular complexity index is 455. The zero-order chi connectivity index (χ0) is 17.6. The van der Waals surface area contributed by atoms with Crippen LogP contribution in [0, 0.1) is 5.92 Å². The quantitative estimate of drug-likeness (QED) is 0.359. The van der Waals surface area contributed by atoms with E-state index in [0.29, 0.717) is 0 Å². The maximum absolute atomic E-state index is 9.32. The van der Waals surface area contributed by atoms with Gasteiger partial charge in [-0.3, -0.25) is 4.79 Å². The highest BCUT2D eigenvalue weighted by atomic mass is 16.1. The summed E-state index contributed by atoms with van der Waals surface area (Å²) in [7, 11) is 1.98. The van der Waals surface area contributed by atoms with Gasteiger partial charge in [-0.15, -0.1) is 0 Å². The number of hydrogen-bond acceptors (Lipinski definition) is 2. The number of nitrogens with one attached hydrogen (secondary N) is 1. The highest BCUT2D eigenvalue weighted by molar-refractivity contribution is 5.64. The number of anilines is 1. The average Bonchev–Trinajstić information content (AvgIpc) is 2.64. The molecule has 24 heavy (non-hydrogen) atoms. The van der Waals surface area contributed by atoms with Crippen LogP contribution in [-0.2, 0) is 4.79 Å². The van der Waals surface area contributed by atoms with Gasteiger partial charge in [0.15, 0.2) is 0 Å². The van der Waals surface area contributed by atoms with E-state index < -0.39 is 0 Å². The number of aldehydes is 1. The molecule has 0 aromatic heterocycles. The summed E-state index contributed by atoms with van der Waals surface area (Å²) in [5, 5.41) is 3.19. The van der Waals surface area contributed by atoms with Crippen molar-refractivity contribution < 1.29 is 4.79 Å². The fourth-order valence-electron chi connectivity index (χ4n) is 3.47. The molecule has 1 N–H and O–H groups in total. The van der Waals surface area contributed by atoms with Crippen LogP contribution in [0.3, 0.4) is 0 Å². The molecule has 1 fully saturated rings. The Balaban J connectivity index is 0.000000505. The lowest BCUT2D eigenvalue weighted by molar-refractivity contribution is -0.104. The highest BCUT2D eigenvalue weighted by Crippen LogP contribution is 2.37. The average molecular weight is 330 g/mol. The molecule has 2 rings (SSSR count). The molecule has 134 valence electrons. The maximum Gasteiger partial charge on any atom is 0.142 e. The number of unbranched alkanes of at least 4 members (excludes halogenated alkanes) is 2. The predicted octanol–water partition coefficient (Wildman–Crippen LogP) is 6.34. The van der Waals surface area contributed by atoms with Gasteiger partial charge in [-0.1, -0.05) is 50.8 Å². The summed E-state index contributed by atoms with van der Waals surface area (Å²) in [5.74, 6) is 1.83. The molecule has 2 heteroatoms. The van der Waals surface area contributed by atoms with Crippen LogP contribution in [0.4, 0.5) is 5.69 Å². The van der Waals surface area contributed by atoms with E-state index in [9.17, 15) is 4.79 Å². The van der Waals surface area contributed by atoms with E-state index in [1.54, 1.807) is 18.6 Å². The van der Waals surface area contributed by atoms with E-state index in [-0.39, 0.29) is 0 Å². The molecule has 0 spiro atoms. The fraction of sp³-hybridized carbons (Fsp3) is 0.591. The molecule has 0 atom stereocenters. The number of hydrogen-bond donors (Lipinski definition) is 1. The molecule has 0 amide bonds. The molecular weight excluding hydrogens is 294 g/mol. The van der Waals surface area contributed by atoms with E-state index in [1.165, 1.54) is 63.1 Å². The van der Waals surface area contributed by atoms with Gasteiger partial charge in [0.05, 0.1) is 0 Å². The molecule has 1 saturated carbocycles. The second-order valence-corrected chi connectivity index (χ2v) is 6.75. The first-order valence-corrected chi connectivity index (χ1v) is 9.59. The summed E-state index contributed by atoms with van der Waals surface area (Å²) in [5.41, 5.74) is 2.77. The van der Waals surface area contributed by atoms with E-state index in [4.69, 9.17) is 0 Å². The highest BCUT2D eigenvalue weighted by Gasteiger charge is 2.21. The minimum atomic E-state index is 0.750. The first kappa shape index (κ1) is 20.5. The van der Waals surface area contributed by atoms with Crippen LogP contribution in [0.15, 0.2) is 36.4 Å². The predicted molar refractivity (Wildman–Crippen MR) is 106 cm³/mol. The van der Waals surface area contributed by atoms with Gasteiger partial charge in [0.1, 0.15) is 6.29 Å². The zero-order valence-corrected chi connectivity index (χ0v) is 15.8. The van der Waals surface area contributed by atoms with E-state index in [2.05, 4.69) is 36.5 Å². The van der Waals surface area contributed by atoms with Crippen molar-refractivity contribution in [1.29, 1.82) is 0 Å². The second-order valence-electron chi connectivity index (χ2n) is 6.75. The topological polar surface area (TPSA) is 29.1 Å². The van der Waals surface area contributed by atoms with Crippen molar-refractivity contribution in [2.75, 3.05) is 12.4 Å². The van der Waals surface area contributed by atoms with Crippen LogP contribution in [-0.4, -0.2) is 13.3 Å². The molecule has 1 aromatic rings. The molecule has 0 radical (unpaired) electrons. The van der Waals surface area contributed by atoms with Crippen molar-refractivity contribution in [2.45, 2.75) is 71.1 Å². The molecule has 1 aliphatic rings. The number of rotatable bonds is 7. The second kappa shape index (κ2) is 12.8. The van der Waals surface area contributed by atoms with Gasteiger partial charge in [0, 0.05) is 12.7 Å². The molecule has 2 nitrogen and oxygen atoms in total. The molecule has 0 saturated heterocycles. The van der Waals surface area contributed by atoms with Crippen molar-refractivity contribution >= 4 is 12.0 Å². The Labute approximate surface area is 148 Å². The van der Waals surface area contributed by atoms with Gasteiger partial charge >= 0.3 is 0 Å². The number of carbonyl (C=O) groups excluding carboxylic acids is 1. The van der Waals surface area contributed by atoms with Gasteiger partial charge < -0.3 is 5.32 Å². The molecule has 0 aliphatic heterocycles. The van der Waals surface area contributed by atoms with Gasteiger partial charge in [-0.25, -0.2) is 0 Å². The van der Waals surface area contributed by atoms with Crippen LogP contribution in [0.5, 0.6) is 0 Å². The lowest BCUT2D eigenvalue weighted by Gasteiger charge is -2.29. The monoisotopic (exact) mass is 329 g/mol. The molecule has 0 heterocycles. The standard InChI is InChI=1S/C18H29N.C4H6O/c1-3-4-5-6-15-7-9-16(10-8-15)17-11-13-18(19-2)14-12-17;1-2-3-4-5/h11-16,19H,3-10H2,1-2H3;2-4H,1H3/b;3-2+. The van der Waals surface area contributed by atoms with Crippen molar-refractivity contribution in [2.24, 2.45) is 5.92 Å². The lowest BCUT2D eigenvalue weighted by atomic mass is 9.77. The molecule has 1 aromatic carbocycles. The third kappa shape index (κ3) is 7.81. The number of carbonyl (C=O) groups is 1. The Morgan fingerprint density at radius 3 is 2.21 bits per heavy atom. The van der Waals surface area contributed by atoms with Crippen LogP contribution in [0.1, 0.15) is 76.7 Å². The van der Waals surface area contributed by atoms with Crippen molar-refractivity contribution in [1.82, 2.24) is 0 Å². The normalized spacial score (nSPS) is 20.3. The Morgan fingerprint density at radius 2 is 1.75 bits per heavy atom. The number of benzene rings is 1. The van der Waals surface area contributed by atoms with Gasteiger partial charge in [-0.05, 0) is 68.2 Å². The minimum absolute atomic E-state index is 0.750. The zero-order valence-electron chi connectivity index (χ0n) is 15.8. The molecule has 1 aliphatic carbocycles. The Morgan fingerprint density at radius 1 is 1.08 bits per heavy atom. The first-order valence-electron chi connectivity index (χ1n) is 9.59. The summed E-state index contributed by atoms with van der Waals surface area (Å²) in [6.45, 7) is 4.10. The summed E-state index contributed by atoms with van der Waals surface area (Å²) in [6, 6.07) is 9.05. The van der Waals surface area contributed by atoms with E-state index >= 15 is 0 Å². The van der Waals surface area contributed by atoms with Gasteiger partial charge in [0.2, 0.25) is 0 Å². The fourth-order valence-corrected chi connectivity index (χ4v) is 3.47. The van der Waals surface area contributed by atoms with E-state index in [0.717, 1.165) is 18.1 Å². The summed E-state index contributed by atoms with van der Waals surface area (Å²) < 4.78 is 0. The third-order valence-corrected chi connectivity index (χ3v) is 5.00. The maximum atomic E-state index is 9.32. The molecular formula is C22H35NO. The lowest BCUT2D eigenvalue weighted by Crippen LogP contribution is -2.13. The molecule has 0 bridgehead atoms. The van der Waals surface area contributed by atoms with Crippen molar-refractivity contribution in [3.8, 4) is 0 Å². The van der Waals surface area contributed by atoms with Crippen LogP contribution in [0.2, 0.25) is 0 Å². The van der Waals surface area contributed by atoms with Crippen molar-refractivity contribution in [3.63, 3.8) is 0 Å². The van der Waals surface area contributed by atoms with Crippen molar-refractivity contribution in [3.05, 3.63) is 42.0 Å². The summed E-state index contributed by atoms with van der Waals surface area (Å²) >= 11 is 0. The SMILES string of the molecule is C/C=C/C=O.CCCCCC1CCC(c2ccc(NC)cc2)CC1. The third-order valence-electron chi connectivity index (χ3n) is 5.00. The number of allylic oxidation sites excluding steroid dienone is 2. The van der Waals surface area contributed by atoms with E-state index in [1.807, 2.05) is 7.05 Å². The van der Waals surface area contributed by atoms with Crippen LogP contribution >= 0.6 is 0 Å². The summed E-state index contributed by atoms with van der Waals surface area (Å²) in [4.78, 5) is 9.32.